The molecule has 1 aliphatic rings. The molecule has 0 radical (unpaired) electrons. The molecule has 0 aliphatic heterocycles. The molecule has 2 nitrogen and oxygen atoms in total. The van der Waals surface area contributed by atoms with Gasteiger partial charge in [-0.05, 0) is 69.7 Å². The van der Waals surface area contributed by atoms with Crippen molar-refractivity contribution in [3.8, 4) is 6.07 Å². The molecule has 0 aromatic heterocycles. The molecule has 29 heavy (non-hydrogen) atoms. The Hall–Kier alpha value is -1.53. The van der Waals surface area contributed by atoms with E-state index < -0.39 is 5.41 Å². The van der Waals surface area contributed by atoms with Crippen LogP contribution in [0.3, 0.4) is 0 Å². The van der Waals surface area contributed by atoms with Crippen LogP contribution in [0, 0.1) is 17.2 Å². The van der Waals surface area contributed by atoms with Gasteiger partial charge < -0.3 is 0 Å². The smallest absolute Gasteiger partial charge is 0.0879 e. The van der Waals surface area contributed by atoms with Gasteiger partial charge in [-0.2, -0.15) is 5.26 Å². The maximum atomic E-state index is 10.3. The Bertz CT molecular complexity index is 819. The van der Waals surface area contributed by atoms with Crippen LogP contribution in [0.15, 0.2) is 48.5 Å². The monoisotopic (exact) mass is 428 g/mol. The first-order valence-electron chi connectivity index (χ1n) is 10.6. The van der Waals surface area contributed by atoms with Crippen LogP contribution in [0.5, 0.6) is 0 Å². The number of rotatable bonds is 9. The fraction of sp³-hybridized carbons (Fsp3) is 0.480. The topological polar surface area (TPSA) is 27.0 Å². The first-order valence-corrected chi connectivity index (χ1v) is 11.4. The Kier molecular flexibility index (Phi) is 7.63. The molecule has 154 valence electrons. The van der Waals surface area contributed by atoms with Crippen LogP contribution in [0.2, 0.25) is 10.0 Å². The van der Waals surface area contributed by atoms with E-state index in [0.717, 1.165) is 44.3 Å². The Morgan fingerprint density at radius 3 is 2.24 bits per heavy atom. The molecule has 1 saturated carbocycles. The van der Waals surface area contributed by atoms with Crippen molar-refractivity contribution >= 4 is 23.2 Å². The van der Waals surface area contributed by atoms with E-state index in [-0.39, 0.29) is 0 Å². The minimum atomic E-state index is -0.594. The fourth-order valence-corrected chi connectivity index (χ4v) is 5.19. The Morgan fingerprint density at radius 2 is 1.72 bits per heavy atom. The Balaban J connectivity index is 1.77. The number of halogens is 2. The van der Waals surface area contributed by atoms with Crippen LogP contribution in [-0.4, -0.2) is 17.5 Å². The first-order chi connectivity index (χ1) is 14.0. The van der Waals surface area contributed by atoms with Crippen LogP contribution < -0.4 is 0 Å². The van der Waals surface area contributed by atoms with Gasteiger partial charge in [0.1, 0.15) is 0 Å². The predicted octanol–water partition coefficient (Wildman–Crippen LogP) is 7.25. The maximum Gasteiger partial charge on any atom is 0.0879 e. The zero-order valence-electron chi connectivity index (χ0n) is 17.4. The van der Waals surface area contributed by atoms with Crippen molar-refractivity contribution in [1.29, 1.82) is 5.26 Å². The number of hydrogen-bond donors (Lipinski definition) is 0. The van der Waals surface area contributed by atoms with Gasteiger partial charge in [0, 0.05) is 28.2 Å². The second-order valence-electron chi connectivity index (χ2n) is 8.46. The normalized spacial score (nSPS) is 16.4. The summed E-state index contributed by atoms with van der Waals surface area (Å²) in [6, 6.07) is 19.3. The third kappa shape index (κ3) is 4.97. The maximum absolute atomic E-state index is 10.3. The summed E-state index contributed by atoms with van der Waals surface area (Å²) in [5.74, 6) is 0.339. The van der Waals surface area contributed by atoms with Gasteiger partial charge in [-0.1, -0.05) is 66.0 Å². The second-order valence-corrected chi connectivity index (χ2v) is 9.28. The standard InChI is InChI=1S/C25H30Cl2N2/c1-19(2)29(17-20-9-4-3-5-10-20)16-8-15-25(18-28,21-11-6-12-21)24-22(26)13-7-14-23(24)27/h3-5,7,9-10,13-14,19,21H,6,8,11-12,15-17H2,1-2H3. The van der Waals surface area contributed by atoms with Gasteiger partial charge in [0.15, 0.2) is 0 Å². The van der Waals surface area contributed by atoms with Gasteiger partial charge in [-0.25, -0.2) is 0 Å². The van der Waals surface area contributed by atoms with E-state index in [1.807, 2.05) is 18.2 Å². The van der Waals surface area contributed by atoms with Gasteiger partial charge in [0.05, 0.1) is 11.5 Å². The summed E-state index contributed by atoms with van der Waals surface area (Å²) < 4.78 is 0. The first kappa shape index (κ1) is 22.2. The van der Waals surface area contributed by atoms with Gasteiger partial charge in [-0.15, -0.1) is 0 Å². The lowest BCUT2D eigenvalue weighted by atomic mass is 9.60. The summed E-state index contributed by atoms with van der Waals surface area (Å²) in [5.41, 5.74) is 1.57. The zero-order chi connectivity index (χ0) is 20.9. The van der Waals surface area contributed by atoms with E-state index >= 15 is 0 Å². The highest BCUT2D eigenvalue weighted by molar-refractivity contribution is 6.36. The summed E-state index contributed by atoms with van der Waals surface area (Å²) in [7, 11) is 0. The minimum absolute atomic E-state index is 0.339. The molecule has 3 rings (SSSR count). The molecule has 1 unspecified atom stereocenters. The summed E-state index contributed by atoms with van der Waals surface area (Å²) in [6.45, 7) is 6.34. The molecule has 1 atom stereocenters. The predicted molar refractivity (Wildman–Crippen MR) is 122 cm³/mol. The lowest BCUT2D eigenvalue weighted by Gasteiger charge is -2.42. The molecule has 0 heterocycles. The van der Waals surface area contributed by atoms with Crippen molar-refractivity contribution in [1.82, 2.24) is 4.90 Å². The quantitative estimate of drug-likeness (QED) is 0.420. The van der Waals surface area contributed by atoms with E-state index in [4.69, 9.17) is 23.2 Å². The lowest BCUT2D eigenvalue weighted by molar-refractivity contribution is 0.170. The second kappa shape index (κ2) is 9.98. The van der Waals surface area contributed by atoms with Crippen molar-refractivity contribution < 1.29 is 0 Å². The van der Waals surface area contributed by atoms with Gasteiger partial charge in [-0.3, -0.25) is 4.90 Å². The van der Waals surface area contributed by atoms with E-state index in [1.165, 1.54) is 12.0 Å². The van der Waals surface area contributed by atoms with E-state index in [0.29, 0.717) is 22.0 Å². The van der Waals surface area contributed by atoms with Gasteiger partial charge >= 0.3 is 0 Å². The number of nitrogens with zero attached hydrogens (tertiary/aromatic N) is 2. The SMILES string of the molecule is CC(C)N(CCCC(C#N)(c1c(Cl)cccc1Cl)C1CCC1)Cc1ccccc1. The van der Waals surface area contributed by atoms with E-state index in [9.17, 15) is 5.26 Å². The molecule has 4 heteroatoms. The Labute approximate surface area is 185 Å². The number of hydrogen-bond acceptors (Lipinski definition) is 2. The third-order valence-electron chi connectivity index (χ3n) is 6.39. The van der Waals surface area contributed by atoms with E-state index in [1.54, 1.807) is 0 Å². The minimum Gasteiger partial charge on any atom is -0.297 e. The average Bonchev–Trinajstić information content (AvgIpc) is 2.66. The highest BCUT2D eigenvalue weighted by Crippen LogP contribution is 2.50. The summed E-state index contributed by atoms with van der Waals surface area (Å²) in [4.78, 5) is 2.48. The van der Waals surface area contributed by atoms with Crippen molar-refractivity contribution in [2.24, 2.45) is 5.92 Å². The largest absolute Gasteiger partial charge is 0.297 e. The van der Waals surface area contributed by atoms with Crippen molar-refractivity contribution in [3.05, 3.63) is 69.7 Å². The van der Waals surface area contributed by atoms with Crippen LogP contribution in [0.4, 0.5) is 0 Å². The average molecular weight is 429 g/mol. The molecule has 2 aromatic carbocycles. The highest BCUT2D eigenvalue weighted by atomic mass is 35.5. The summed E-state index contributed by atoms with van der Waals surface area (Å²) in [5, 5.41) is 11.6. The summed E-state index contributed by atoms with van der Waals surface area (Å²) >= 11 is 13.1. The third-order valence-corrected chi connectivity index (χ3v) is 7.02. The number of nitriles is 1. The van der Waals surface area contributed by atoms with Crippen LogP contribution >= 0.6 is 23.2 Å². The number of benzene rings is 2. The lowest BCUT2D eigenvalue weighted by Crippen LogP contribution is -2.40. The molecule has 0 N–H and O–H groups in total. The van der Waals surface area contributed by atoms with Crippen LogP contribution in [0.1, 0.15) is 57.1 Å². The highest BCUT2D eigenvalue weighted by Gasteiger charge is 2.45. The van der Waals surface area contributed by atoms with Crippen LogP contribution in [-0.2, 0) is 12.0 Å². The van der Waals surface area contributed by atoms with Crippen molar-refractivity contribution in [2.75, 3.05) is 6.54 Å². The van der Waals surface area contributed by atoms with Gasteiger partial charge in [0.25, 0.3) is 0 Å². The van der Waals surface area contributed by atoms with E-state index in [2.05, 4.69) is 55.1 Å². The molecule has 1 fully saturated rings. The molecule has 0 spiro atoms. The zero-order valence-corrected chi connectivity index (χ0v) is 18.9. The molecule has 0 amide bonds. The summed E-state index contributed by atoms with van der Waals surface area (Å²) in [6.07, 6.45) is 5.06. The van der Waals surface area contributed by atoms with Crippen molar-refractivity contribution in [2.45, 2.75) is 64.0 Å². The fourth-order valence-electron chi connectivity index (χ4n) is 4.46. The van der Waals surface area contributed by atoms with Gasteiger partial charge in [0.2, 0.25) is 0 Å². The molecular weight excluding hydrogens is 399 g/mol. The molecule has 1 aliphatic carbocycles. The molecule has 2 aromatic rings. The molecule has 0 saturated heterocycles. The van der Waals surface area contributed by atoms with Crippen LogP contribution in [0.25, 0.3) is 0 Å². The van der Waals surface area contributed by atoms with Crippen molar-refractivity contribution in [3.63, 3.8) is 0 Å². The Morgan fingerprint density at radius 1 is 1.07 bits per heavy atom. The molecular formula is C25H30Cl2N2. The molecule has 0 bridgehead atoms.